The van der Waals surface area contributed by atoms with Gasteiger partial charge in [0.2, 0.25) is 11.8 Å². The molecule has 0 spiro atoms. The lowest BCUT2D eigenvalue weighted by Crippen LogP contribution is -2.40. The van der Waals surface area contributed by atoms with Gasteiger partial charge in [-0.1, -0.05) is 25.7 Å². The Morgan fingerprint density at radius 1 is 1.21 bits per heavy atom. The number of nitrogens with zero attached hydrogens (tertiary/aromatic N) is 1. The Kier molecular flexibility index (Phi) is 4.76. The third kappa shape index (κ3) is 3.68. The summed E-state index contributed by atoms with van der Waals surface area (Å²) >= 11 is 0. The van der Waals surface area contributed by atoms with Crippen LogP contribution in [0, 0.1) is 5.92 Å². The first-order chi connectivity index (χ1) is 9.18. The molecule has 0 aromatic rings. The molecule has 0 aromatic heterocycles. The Morgan fingerprint density at radius 3 is 2.47 bits per heavy atom. The van der Waals surface area contributed by atoms with Crippen LogP contribution in [0.2, 0.25) is 0 Å². The molecule has 1 saturated heterocycles. The Hall–Kier alpha value is -1.59. The predicted octanol–water partition coefficient (Wildman–Crippen LogP) is 0.625. The molecule has 2 fully saturated rings. The van der Waals surface area contributed by atoms with Crippen molar-refractivity contribution in [2.45, 2.75) is 38.5 Å². The highest BCUT2D eigenvalue weighted by molar-refractivity contribution is 6.01. The standard InChI is InChI=1S/C13H21N3O3/c17-11-9-15-13(19)16(11)8-7-14-12(18)10-5-3-1-2-4-6-10/h10H,1-9H2,(H,14,18)(H,15,19). The van der Waals surface area contributed by atoms with Gasteiger partial charge in [0.1, 0.15) is 0 Å². The van der Waals surface area contributed by atoms with Gasteiger partial charge in [0.25, 0.3) is 0 Å². The highest BCUT2D eigenvalue weighted by Gasteiger charge is 2.28. The predicted molar refractivity (Wildman–Crippen MR) is 69.3 cm³/mol. The minimum Gasteiger partial charge on any atom is -0.354 e. The molecule has 2 rings (SSSR count). The molecule has 19 heavy (non-hydrogen) atoms. The van der Waals surface area contributed by atoms with Crippen LogP contribution in [0.25, 0.3) is 0 Å². The molecule has 1 saturated carbocycles. The molecule has 0 bridgehead atoms. The summed E-state index contributed by atoms with van der Waals surface area (Å²) in [5, 5.41) is 5.29. The van der Waals surface area contributed by atoms with Gasteiger partial charge < -0.3 is 10.6 Å². The van der Waals surface area contributed by atoms with Crippen LogP contribution in [0.5, 0.6) is 0 Å². The Labute approximate surface area is 112 Å². The van der Waals surface area contributed by atoms with Gasteiger partial charge in [-0.25, -0.2) is 4.79 Å². The number of urea groups is 1. The van der Waals surface area contributed by atoms with Gasteiger partial charge in [0.15, 0.2) is 0 Å². The van der Waals surface area contributed by atoms with E-state index >= 15 is 0 Å². The van der Waals surface area contributed by atoms with E-state index in [1.165, 1.54) is 12.8 Å². The van der Waals surface area contributed by atoms with E-state index in [9.17, 15) is 14.4 Å². The summed E-state index contributed by atoms with van der Waals surface area (Å²) in [6, 6.07) is -0.367. The number of rotatable bonds is 4. The molecule has 0 radical (unpaired) electrons. The van der Waals surface area contributed by atoms with E-state index in [0.29, 0.717) is 6.54 Å². The summed E-state index contributed by atoms with van der Waals surface area (Å²) in [5.41, 5.74) is 0. The normalized spacial score (nSPS) is 21.2. The Bertz CT molecular complexity index is 346. The van der Waals surface area contributed by atoms with Crippen LogP contribution in [0.1, 0.15) is 38.5 Å². The Morgan fingerprint density at radius 2 is 1.89 bits per heavy atom. The van der Waals surface area contributed by atoms with Gasteiger partial charge in [0, 0.05) is 19.0 Å². The zero-order valence-electron chi connectivity index (χ0n) is 11.1. The molecule has 0 atom stereocenters. The third-order valence-corrected chi connectivity index (χ3v) is 3.80. The van der Waals surface area contributed by atoms with E-state index in [2.05, 4.69) is 10.6 Å². The van der Waals surface area contributed by atoms with E-state index in [1.807, 2.05) is 0 Å². The second-order valence-electron chi connectivity index (χ2n) is 5.18. The lowest BCUT2D eigenvalue weighted by atomic mass is 9.99. The number of hydrogen-bond donors (Lipinski definition) is 2. The fourth-order valence-corrected chi connectivity index (χ4v) is 2.66. The monoisotopic (exact) mass is 267 g/mol. The van der Waals surface area contributed by atoms with E-state index < -0.39 is 0 Å². The molecule has 4 amide bonds. The number of nitrogens with one attached hydrogen (secondary N) is 2. The van der Waals surface area contributed by atoms with Crippen LogP contribution in [0.15, 0.2) is 0 Å². The molecule has 1 heterocycles. The summed E-state index contributed by atoms with van der Waals surface area (Å²) in [4.78, 5) is 35.7. The highest BCUT2D eigenvalue weighted by atomic mass is 16.2. The molecular formula is C13H21N3O3. The van der Waals surface area contributed by atoms with E-state index in [0.717, 1.165) is 30.6 Å². The second-order valence-corrected chi connectivity index (χ2v) is 5.18. The first-order valence-electron chi connectivity index (χ1n) is 7.04. The van der Waals surface area contributed by atoms with Crippen LogP contribution >= 0.6 is 0 Å². The molecule has 0 unspecified atom stereocenters. The minimum atomic E-state index is -0.367. The quantitative estimate of drug-likeness (QED) is 0.579. The molecule has 1 aliphatic carbocycles. The topological polar surface area (TPSA) is 78.5 Å². The lowest BCUT2D eigenvalue weighted by molar-refractivity contribution is -0.127. The third-order valence-electron chi connectivity index (χ3n) is 3.80. The van der Waals surface area contributed by atoms with Crippen LogP contribution in [-0.4, -0.2) is 42.4 Å². The van der Waals surface area contributed by atoms with Crippen LogP contribution < -0.4 is 10.6 Å². The molecule has 6 nitrogen and oxygen atoms in total. The maximum atomic E-state index is 12.0. The molecule has 2 aliphatic rings. The Balaban J connectivity index is 1.71. The van der Waals surface area contributed by atoms with Gasteiger partial charge in [-0.3, -0.25) is 14.5 Å². The average Bonchev–Trinajstić information content (AvgIpc) is 2.64. The maximum Gasteiger partial charge on any atom is 0.324 e. The van der Waals surface area contributed by atoms with Crippen molar-refractivity contribution in [3.8, 4) is 0 Å². The summed E-state index contributed by atoms with van der Waals surface area (Å²) in [6.45, 7) is 0.660. The average molecular weight is 267 g/mol. The lowest BCUT2D eigenvalue weighted by Gasteiger charge is -2.16. The molecular weight excluding hydrogens is 246 g/mol. The highest BCUT2D eigenvalue weighted by Crippen LogP contribution is 2.22. The first kappa shape index (κ1) is 13.8. The number of hydrogen-bond acceptors (Lipinski definition) is 3. The number of carbonyl (C=O) groups excluding carboxylic acids is 3. The molecule has 106 valence electrons. The van der Waals surface area contributed by atoms with E-state index in [1.54, 1.807) is 0 Å². The summed E-state index contributed by atoms with van der Waals surface area (Å²) in [5.74, 6) is -0.0618. The molecule has 2 N–H and O–H groups in total. The summed E-state index contributed by atoms with van der Waals surface area (Å²) in [7, 11) is 0. The minimum absolute atomic E-state index is 0.0638. The maximum absolute atomic E-state index is 12.0. The summed E-state index contributed by atoms with van der Waals surface area (Å²) in [6.07, 6.45) is 6.57. The zero-order valence-corrected chi connectivity index (χ0v) is 11.1. The van der Waals surface area contributed by atoms with Crippen LogP contribution in [0.4, 0.5) is 4.79 Å². The number of carbonyl (C=O) groups is 3. The summed E-state index contributed by atoms with van der Waals surface area (Å²) < 4.78 is 0. The fraction of sp³-hybridized carbons (Fsp3) is 0.769. The number of imide groups is 1. The smallest absolute Gasteiger partial charge is 0.324 e. The molecule has 0 aromatic carbocycles. The van der Waals surface area contributed by atoms with Gasteiger partial charge in [-0.05, 0) is 12.8 Å². The molecule has 6 heteroatoms. The van der Waals surface area contributed by atoms with Crippen molar-refractivity contribution in [3.05, 3.63) is 0 Å². The number of amides is 4. The molecule has 1 aliphatic heterocycles. The van der Waals surface area contributed by atoms with Gasteiger partial charge in [-0.15, -0.1) is 0 Å². The fourth-order valence-electron chi connectivity index (χ4n) is 2.66. The SMILES string of the molecule is O=C(NCCN1C(=O)CNC1=O)C1CCCCCC1. The van der Waals surface area contributed by atoms with Crippen molar-refractivity contribution < 1.29 is 14.4 Å². The largest absolute Gasteiger partial charge is 0.354 e. The van der Waals surface area contributed by atoms with Crippen molar-refractivity contribution in [1.29, 1.82) is 0 Å². The van der Waals surface area contributed by atoms with Crippen molar-refractivity contribution in [2.24, 2.45) is 5.92 Å². The van der Waals surface area contributed by atoms with E-state index in [4.69, 9.17) is 0 Å². The van der Waals surface area contributed by atoms with E-state index in [-0.39, 0.29) is 36.9 Å². The zero-order chi connectivity index (χ0) is 13.7. The van der Waals surface area contributed by atoms with Crippen molar-refractivity contribution in [1.82, 2.24) is 15.5 Å². The van der Waals surface area contributed by atoms with Gasteiger partial charge in [0.05, 0.1) is 6.54 Å². The first-order valence-corrected chi connectivity index (χ1v) is 7.04. The second kappa shape index (κ2) is 6.54. The van der Waals surface area contributed by atoms with Crippen molar-refractivity contribution in [3.63, 3.8) is 0 Å². The van der Waals surface area contributed by atoms with Crippen LogP contribution in [-0.2, 0) is 9.59 Å². The van der Waals surface area contributed by atoms with Gasteiger partial charge >= 0.3 is 6.03 Å². The van der Waals surface area contributed by atoms with Crippen molar-refractivity contribution >= 4 is 17.8 Å². The van der Waals surface area contributed by atoms with Crippen molar-refractivity contribution in [2.75, 3.05) is 19.6 Å². The van der Waals surface area contributed by atoms with Gasteiger partial charge in [-0.2, -0.15) is 0 Å². The van der Waals surface area contributed by atoms with Crippen LogP contribution in [0.3, 0.4) is 0 Å².